The second kappa shape index (κ2) is 7.38. The van der Waals surface area contributed by atoms with Gasteiger partial charge in [0.15, 0.2) is 0 Å². The summed E-state index contributed by atoms with van der Waals surface area (Å²) in [5, 5.41) is 13.4. The van der Waals surface area contributed by atoms with Crippen LogP contribution in [0, 0.1) is 23.2 Å². The molecule has 0 bridgehead atoms. The van der Waals surface area contributed by atoms with Gasteiger partial charge in [-0.05, 0) is 49.7 Å². The molecule has 1 aromatic carbocycles. The van der Waals surface area contributed by atoms with Crippen molar-refractivity contribution in [1.82, 2.24) is 4.90 Å². The van der Waals surface area contributed by atoms with E-state index in [0.717, 1.165) is 49.5 Å². The highest BCUT2D eigenvalue weighted by molar-refractivity contribution is 5.47. The highest BCUT2D eigenvalue weighted by Crippen LogP contribution is 2.43. The first kappa shape index (κ1) is 16.9. The minimum atomic E-state index is -0.390. The third kappa shape index (κ3) is 3.55. The van der Waals surface area contributed by atoms with E-state index < -0.39 is 5.54 Å². The number of benzene rings is 1. The smallest absolute Gasteiger partial charge is 0.127 e. The van der Waals surface area contributed by atoms with Crippen LogP contribution in [0.4, 0.5) is 5.69 Å². The molecular formula is C22H31N3. The SMILES string of the molecule is N#CC1(Nc2ccccc2)CCN([C@@H]2CCC[C@H]3CCCC[C@H]32)CC1. The molecule has 0 spiro atoms. The molecular weight excluding hydrogens is 306 g/mol. The summed E-state index contributed by atoms with van der Waals surface area (Å²) < 4.78 is 0. The van der Waals surface area contributed by atoms with Crippen LogP contribution in [0.2, 0.25) is 0 Å². The van der Waals surface area contributed by atoms with Gasteiger partial charge < -0.3 is 5.32 Å². The zero-order valence-corrected chi connectivity index (χ0v) is 15.3. The number of para-hydroxylation sites is 1. The van der Waals surface area contributed by atoms with Crippen LogP contribution in [-0.2, 0) is 0 Å². The normalized spacial score (nSPS) is 32.4. The summed E-state index contributed by atoms with van der Waals surface area (Å²) in [7, 11) is 0. The van der Waals surface area contributed by atoms with Gasteiger partial charge in [0.1, 0.15) is 5.54 Å². The lowest BCUT2D eigenvalue weighted by atomic mass is 9.67. The maximum Gasteiger partial charge on any atom is 0.127 e. The van der Waals surface area contributed by atoms with Gasteiger partial charge in [-0.3, -0.25) is 4.90 Å². The lowest BCUT2D eigenvalue weighted by molar-refractivity contribution is 0.0240. The molecule has 1 aliphatic heterocycles. The van der Waals surface area contributed by atoms with E-state index in [1.165, 1.54) is 44.9 Å². The Balaban J connectivity index is 1.41. The van der Waals surface area contributed by atoms with Gasteiger partial charge in [-0.25, -0.2) is 0 Å². The summed E-state index contributed by atoms with van der Waals surface area (Å²) in [4.78, 5) is 2.74. The zero-order chi connectivity index (χ0) is 17.1. The van der Waals surface area contributed by atoms with Crippen LogP contribution in [0.5, 0.6) is 0 Å². The molecule has 0 unspecified atom stereocenters. The average molecular weight is 338 g/mol. The summed E-state index contributed by atoms with van der Waals surface area (Å²) in [5.74, 6) is 1.91. The number of piperidine rings is 1. The van der Waals surface area contributed by atoms with Crippen LogP contribution >= 0.6 is 0 Å². The van der Waals surface area contributed by atoms with Crippen molar-refractivity contribution in [3.63, 3.8) is 0 Å². The minimum Gasteiger partial charge on any atom is -0.367 e. The van der Waals surface area contributed by atoms with Gasteiger partial charge in [0, 0.05) is 24.8 Å². The van der Waals surface area contributed by atoms with Gasteiger partial charge in [-0.1, -0.05) is 50.3 Å². The van der Waals surface area contributed by atoms with Gasteiger partial charge in [0.2, 0.25) is 0 Å². The van der Waals surface area contributed by atoms with E-state index >= 15 is 0 Å². The zero-order valence-electron chi connectivity index (χ0n) is 15.3. The largest absolute Gasteiger partial charge is 0.367 e. The third-order valence-corrected chi connectivity index (χ3v) is 7.03. The summed E-state index contributed by atoms with van der Waals surface area (Å²) in [6.45, 7) is 2.14. The summed E-state index contributed by atoms with van der Waals surface area (Å²) in [6, 6.07) is 13.6. The number of likely N-dealkylation sites (tertiary alicyclic amines) is 1. The van der Waals surface area contributed by atoms with Crippen molar-refractivity contribution in [2.45, 2.75) is 69.4 Å². The number of nitriles is 1. The third-order valence-electron chi connectivity index (χ3n) is 7.03. The number of anilines is 1. The molecule has 1 N–H and O–H groups in total. The number of fused-ring (bicyclic) bond motifs is 1. The fraction of sp³-hybridized carbons (Fsp3) is 0.682. The number of hydrogen-bond donors (Lipinski definition) is 1. The highest BCUT2D eigenvalue weighted by atomic mass is 15.2. The van der Waals surface area contributed by atoms with E-state index in [1.807, 2.05) is 18.2 Å². The van der Waals surface area contributed by atoms with Crippen LogP contribution in [0.1, 0.15) is 57.8 Å². The predicted octanol–water partition coefficient (Wildman–Crippen LogP) is 4.82. The van der Waals surface area contributed by atoms with Crippen LogP contribution in [0.15, 0.2) is 30.3 Å². The molecule has 2 aliphatic carbocycles. The Morgan fingerprint density at radius 3 is 2.44 bits per heavy atom. The topological polar surface area (TPSA) is 39.1 Å². The number of nitrogens with zero attached hydrogens (tertiary/aromatic N) is 2. The Morgan fingerprint density at radius 2 is 1.68 bits per heavy atom. The van der Waals surface area contributed by atoms with E-state index in [-0.39, 0.29) is 0 Å². The van der Waals surface area contributed by atoms with Crippen molar-refractivity contribution >= 4 is 5.69 Å². The van der Waals surface area contributed by atoms with Crippen molar-refractivity contribution in [1.29, 1.82) is 5.26 Å². The van der Waals surface area contributed by atoms with E-state index in [9.17, 15) is 5.26 Å². The van der Waals surface area contributed by atoms with Crippen LogP contribution in [0.25, 0.3) is 0 Å². The van der Waals surface area contributed by atoms with Crippen molar-refractivity contribution in [2.24, 2.45) is 11.8 Å². The van der Waals surface area contributed by atoms with E-state index in [2.05, 4.69) is 28.4 Å². The fourth-order valence-electron chi connectivity index (χ4n) is 5.66. The molecule has 2 saturated carbocycles. The molecule has 3 aliphatic rings. The Morgan fingerprint density at radius 1 is 0.960 bits per heavy atom. The molecule has 1 saturated heterocycles. The van der Waals surface area contributed by atoms with Crippen LogP contribution in [0.3, 0.4) is 0 Å². The van der Waals surface area contributed by atoms with E-state index in [4.69, 9.17) is 0 Å². The Bertz CT molecular complexity index is 595. The molecule has 25 heavy (non-hydrogen) atoms. The molecule has 1 aromatic rings. The first-order valence-electron chi connectivity index (χ1n) is 10.3. The monoisotopic (exact) mass is 337 g/mol. The Kier molecular flexibility index (Phi) is 4.99. The molecule has 0 radical (unpaired) electrons. The maximum absolute atomic E-state index is 9.86. The van der Waals surface area contributed by atoms with Gasteiger partial charge in [0.05, 0.1) is 6.07 Å². The van der Waals surface area contributed by atoms with Crippen LogP contribution in [-0.4, -0.2) is 29.6 Å². The standard InChI is InChI=1S/C22H31N3/c23-17-22(24-19-9-2-1-3-10-19)13-15-25(16-14-22)21-12-6-8-18-7-4-5-11-20(18)21/h1-3,9-10,18,20-21,24H,4-8,11-16H2/t18-,20-,21-/m1/s1. The van der Waals surface area contributed by atoms with Crippen molar-refractivity contribution in [3.05, 3.63) is 30.3 Å². The van der Waals surface area contributed by atoms with Crippen molar-refractivity contribution < 1.29 is 0 Å². The quantitative estimate of drug-likeness (QED) is 0.860. The minimum absolute atomic E-state index is 0.390. The molecule has 3 fully saturated rings. The number of nitrogens with one attached hydrogen (secondary N) is 1. The first-order valence-corrected chi connectivity index (χ1v) is 10.3. The molecule has 3 atom stereocenters. The Hall–Kier alpha value is -1.53. The highest BCUT2D eigenvalue weighted by Gasteiger charge is 2.42. The summed E-state index contributed by atoms with van der Waals surface area (Å²) >= 11 is 0. The molecule has 4 rings (SSSR count). The summed E-state index contributed by atoms with van der Waals surface area (Å²) in [5.41, 5.74) is 0.681. The fourth-order valence-corrected chi connectivity index (χ4v) is 5.66. The van der Waals surface area contributed by atoms with Gasteiger partial charge in [0.25, 0.3) is 0 Å². The summed E-state index contributed by atoms with van der Waals surface area (Å²) in [6.07, 6.45) is 11.9. The van der Waals surface area contributed by atoms with Gasteiger partial charge in [-0.2, -0.15) is 5.26 Å². The van der Waals surface area contributed by atoms with Crippen molar-refractivity contribution in [3.8, 4) is 6.07 Å². The van der Waals surface area contributed by atoms with Gasteiger partial charge >= 0.3 is 0 Å². The molecule has 134 valence electrons. The lowest BCUT2D eigenvalue weighted by Crippen LogP contribution is -2.54. The predicted molar refractivity (Wildman–Crippen MR) is 102 cm³/mol. The number of hydrogen-bond acceptors (Lipinski definition) is 3. The molecule has 1 heterocycles. The molecule has 0 amide bonds. The van der Waals surface area contributed by atoms with Crippen molar-refractivity contribution in [2.75, 3.05) is 18.4 Å². The lowest BCUT2D eigenvalue weighted by Gasteiger charge is -2.49. The molecule has 3 heteroatoms. The van der Waals surface area contributed by atoms with E-state index in [1.54, 1.807) is 0 Å². The maximum atomic E-state index is 9.86. The molecule has 0 aromatic heterocycles. The average Bonchev–Trinajstić information content (AvgIpc) is 2.69. The second-order valence-corrected chi connectivity index (χ2v) is 8.43. The van der Waals surface area contributed by atoms with Crippen LogP contribution < -0.4 is 5.32 Å². The van der Waals surface area contributed by atoms with Gasteiger partial charge in [-0.15, -0.1) is 0 Å². The number of rotatable bonds is 3. The second-order valence-electron chi connectivity index (χ2n) is 8.43. The molecule has 3 nitrogen and oxygen atoms in total. The Labute approximate surface area is 152 Å². The van der Waals surface area contributed by atoms with E-state index in [0.29, 0.717) is 0 Å². The first-order chi connectivity index (χ1) is 12.3.